The Bertz CT molecular complexity index is 355. The van der Waals surface area contributed by atoms with Gasteiger partial charge in [0.05, 0.1) is 11.5 Å². The van der Waals surface area contributed by atoms with Gasteiger partial charge in [0.2, 0.25) is 5.91 Å². The van der Waals surface area contributed by atoms with Crippen LogP contribution in [0.1, 0.15) is 64.2 Å². The first-order valence-corrected chi connectivity index (χ1v) is 8.39. The summed E-state index contributed by atoms with van der Waals surface area (Å²) in [5.41, 5.74) is -0.753. The average molecular weight is 296 g/mol. The first-order chi connectivity index (χ1) is 10.1. The molecule has 1 amide bonds. The molecule has 3 N–H and O–H groups in total. The molecule has 120 valence electrons. The molecule has 0 radical (unpaired) electrons. The summed E-state index contributed by atoms with van der Waals surface area (Å²) in [7, 11) is 0. The Hall–Kier alpha value is -1.10. The van der Waals surface area contributed by atoms with Crippen molar-refractivity contribution in [2.24, 2.45) is 5.41 Å². The van der Waals surface area contributed by atoms with Crippen LogP contribution in [0.15, 0.2) is 0 Å². The highest BCUT2D eigenvalue weighted by Crippen LogP contribution is 2.34. The second kappa shape index (κ2) is 7.78. The van der Waals surface area contributed by atoms with Crippen LogP contribution in [0.5, 0.6) is 0 Å². The van der Waals surface area contributed by atoms with Gasteiger partial charge in [0.1, 0.15) is 0 Å². The van der Waals surface area contributed by atoms with Gasteiger partial charge in [-0.1, -0.05) is 38.5 Å². The Morgan fingerprint density at radius 3 is 2.38 bits per heavy atom. The summed E-state index contributed by atoms with van der Waals surface area (Å²) in [6, 6.07) is -0.149. The van der Waals surface area contributed by atoms with Crippen molar-refractivity contribution in [1.29, 1.82) is 0 Å². The summed E-state index contributed by atoms with van der Waals surface area (Å²) in [5.74, 6) is -0.778. The van der Waals surface area contributed by atoms with Gasteiger partial charge in [-0.05, 0) is 32.2 Å². The standard InChI is InChI=1S/C16H28N2O3/c19-14(13-8-4-3-7-11-17-13)18-12-16(15(20)21)9-5-1-2-6-10-16/h13,17H,1-12H2,(H,18,19)(H,20,21). The molecule has 0 aromatic carbocycles. The number of hydrogen-bond donors (Lipinski definition) is 3. The van der Waals surface area contributed by atoms with E-state index >= 15 is 0 Å². The van der Waals surface area contributed by atoms with Crippen molar-refractivity contribution in [3.63, 3.8) is 0 Å². The summed E-state index contributed by atoms with van der Waals surface area (Å²) < 4.78 is 0. The molecule has 21 heavy (non-hydrogen) atoms. The van der Waals surface area contributed by atoms with Crippen molar-refractivity contribution in [1.82, 2.24) is 10.6 Å². The monoisotopic (exact) mass is 296 g/mol. The normalized spacial score (nSPS) is 26.4. The van der Waals surface area contributed by atoms with Crippen LogP contribution in [0, 0.1) is 5.41 Å². The number of carboxylic acid groups (broad SMARTS) is 1. The van der Waals surface area contributed by atoms with Gasteiger partial charge in [0.25, 0.3) is 0 Å². The second-order valence-corrected chi connectivity index (χ2v) is 6.57. The first-order valence-electron chi connectivity index (χ1n) is 8.39. The maximum atomic E-state index is 12.3. The van der Waals surface area contributed by atoms with Gasteiger partial charge in [0, 0.05) is 6.54 Å². The third-order valence-electron chi connectivity index (χ3n) is 4.99. The molecule has 1 aliphatic carbocycles. The molecular formula is C16H28N2O3. The average Bonchev–Trinajstić information content (AvgIpc) is 2.88. The molecule has 2 fully saturated rings. The third-order valence-corrected chi connectivity index (χ3v) is 4.99. The van der Waals surface area contributed by atoms with Crippen molar-refractivity contribution in [2.45, 2.75) is 70.3 Å². The maximum absolute atomic E-state index is 12.3. The molecule has 0 aromatic rings. The number of hydrogen-bond acceptors (Lipinski definition) is 3. The van der Waals surface area contributed by atoms with Crippen LogP contribution >= 0.6 is 0 Å². The molecule has 0 aromatic heterocycles. The molecule has 0 bridgehead atoms. The van der Waals surface area contributed by atoms with Crippen LogP contribution in [0.3, 0.4) is 0 Å². The van der Waals surface area contributed by atoms with E-state index in [4.69, 9.17) is 0 Å². The summed E-state index contributed by atoms with van der Waals surface area (Å²) in [6.45, 7) is 1.15. The highest BCUT2D eigenvalue weighted by molar-refractivity contribution is 5.83. The fraction of sp³-hybridized carbons (Fsp3) is 0.875. The van der Waals surface area contributed by atoms with Crippen molar-refractivity contribution in [2.75, 3.05) is 13.1 Å². The lowest BCUT2D eigenvalue weighted by molar-refractivity contribution is -0.149. The van der Waals surface area contributed by atoms with E-state index in [9.17, 15) is 14.7 Å². The van der Waals surface area contributed by atoms with E-state index in [-0.39, 0.29) is 18.5 Å². The SMILES string of the molecule is O=C(NCC1(C(=O)O)CCCCCC1)C1CCCCCN1. The molecule has 1 unspecified atom stereocenters. The lowest BCUT2D eigenvalue weighted by Crippen LogP contribution is -2.49. The Morgan fingerprint density at radius 1 is 1.05 bits per heavy atom. The minimum absolute atomic E-state index is 0.0261. The summed E-state index contributed by atoms with van der Waals surface area (Å²) in [5, 5.41) is 15.8. The number of carboxylic acids is 1. The van der Waals surface area contributed by atoms with Gasteiger partial charge in [-0.15, -0.1) is 0 Å². The number of rotatable bonds is 4. The topological polar surface area (TPSA) is 78.4 Å². The molecule has 0 spiro atoms. The van der Waals surface area contributed by atoms with Crippen LogP contribution in [-0.2, 0) is 9.59 Å². The smallest absolute Gasteiger partial charge is 0.311 e. The maximum Gasteiger partial charge on any atom is 0.311 e. The van der Waals surface area contributed by atoms with Crippen LogP contribution in [-0.4, -0.2) is 36.1 Å². The van der Waals surface area contributed by atoms with Crippen LogP contribution in [0.25, 0.3) is 0 Å². The van der Waals surface area contributed by atoms with Gasteiger partial charge in [-0.2, -0.15) is 0 Å². The second-order valence-electron chi connectivity index (χ2n) is 6.57. The zero-order chi connectivity index (χ0) is 15.1. The highest BCUT2D eigenvalue weighted by atomic mass is 16.4. The van der Waals surface area contributed by atoms with Gasteiger partial charge in [-0.25, -0.2) is 0 Å². The molecule has 1 saturated carbocycles. The third kappa shape index (κ3) is 4.43. The highest BCUT2D eigenvalue weighted by Gasteiger charge is 2.39. The molecule has 5 nitrogen and oxygen atoms in total. The number of nitrogens with one attached hydrogen (secondary N) is 2. The number of carbonyl (C=O) groups is 2. The van der Waals surface area contributed by atoms with Crippen LogP contribution in [0.2, 0.25) is 0 Å². The van der Waals surface area contributed by atoms with E-state index < -0.39 is 11.4 Å². The largest absolute Gasteiger partial charge is 0.481 e. The van der Waals surface area contributed by atoms with Gasteiger partial charge in [0.15, 0.2) is 0 Å². The molecule has 2 rings (SSSR count). The molecular weight excluding hydrogens is 268 g/mol. The van der Waals surface area contributed by atoms with Gasteiger partial charge >= 0.3 is 5.97 Å². The van der Waals surface area contributed by atoms with Crippen molar-refractivity contribution in [3.05, 3.63) is 0 Å². The Kier molecular flexibility index (Phi) is 6.03. The quantitative estimate of drug-likeness (QED) is 0.694. The fourth-order valence-electron chi connectivity index (χ4n) is 3.50. The van der Waals surface area contributed by atoms with E-state index in [1.54, 1.807) is 0 Å². The predicted molar refractivity (Wildman–Crippen MR) is 81.0 cm³/mol. The molecule has 1 heterocycles. The van der Waals surface area contributed by atoms with Crippen molar-refractivity contribution < 1.29 is 14.7 Å². The molecule has 1 saturated heterocycles. The Morgan fingerprint density at radius 2 is 1.71 bits per heavy atom. The molecule has 2 aliphatic rings. The van der Waals surface area contributed by atoms with E-state index in [0.717, 1.165) is 57.9 Å². The summed E-state index contributed by atoms with van der Waals surface area (Å²) in [4.78, 5) is 24.0. The van der Waals surface area contributed by atoms with Crippen LogP contribution in [0.4, 0.5) is 0 Å². The fourth-order valence-corrected chi connectivity index (χ4v) is 3.50. The van der Waals surface area contributed by atoms with Crippen molar-refractivity contribution in [3.8, 4) is 0 Å². The van der Waals surface area contributed by atoms with Gasteiger partial charge < -0.3 is 15.7 Å². The zero-order valence-electron chi connectivity index (χ0n) is 12.8. The van der Waals surface area contributed by atoms with E-state index in [1.807, 2.05) is 0 Å². The summed E-state index contributed by atoms with van der Waals surface area (Å²) in [6.07, 6.45) is 9.66. The zero-order valence-corrected chi connectivity index (χ0v) is 12.8. The number of aliphatic carboxylic acids is 1. The minimum atomic E-state index is -0.753. The minimum Gasteiger partial charge on any atom is -0.481 e. The van der Waals surface area contributed by atoms with Gasteiger partial charge in [-0.3, -0.25) is 9.59 Å². The molecule has 1 atom stereocenters. The Balaban J connectivity index is 1.91. The summed E-state index contributed by atoms with van der Waals surface area (Å²) >= 11 is 0. The van der Waals surface area contributed by atoms with E-state index in [2.05, 4.69) is 10.6 Å². The van der Waals surface area contributed by atoms with E-state index in [1.165, 1.54) is 0 Å². The lowest BCUT2D eigenvalue weighted by atomic mass is 9.80. The van der Waals surface area contributed by atoms with E-state index in [0.29, 0.717) is 12.8 Å². The molecule has 5 heteroatoms. The first kappa shape index (κ1) is 16.3. The lowest BCUT2D eigenvalue weighted by Gasteiger charge is -2.29. The number of amides is 1. The predicted octanol–water partition coefficient (Wildman–Crippen LogP) is 2.06. The molecule has 1 aliphatic heterocycles. The number of carbonyl (C=O) groups excluding carboxylic acids is 1. The Labute approximate surface area is 126 Å². The van der Waals surface area contributed by atoms with Crippen LogP contribution < -0.4 is 10.6 Å². The van der Waals surface area contributed by atoms with Crippen molar-refractivity contribution >= 4 is 11.9 Å².